The Bertz CT molecular complexity index is 491. The van der Waals surface area contributed by atoms with Crippen LogP contribution in [-0.4, -0.2) is 12.6 Å². The van der Waals surface area contributed by atoms with Gasteiger partial charge in [-0.15, -0.1) is 0 Å². The third-order valence-electron chi connectivity index (χ3n) is 2.24. The number of hydrogen-bond acceptors (Lipinski definition) is 2. The molecule has 2 nitrogen and oxygen atoms in total. The molecule has 0 saturated carbocycles. The number of hydrogen-bond donors (Lipinski definition) is 0. The Morgan fingerprint density at radius 2 is 2.06 bits per heavy atom. The minimum Gasteiger partial charge on any atom is -0.463 e. The van der Waals surface area contributed by atoms with Crippen LogP contribution >= 0.6 is 23.2 Å². The molecule has 0 atom stereocenters. The monoisotopic (exact) mass is 284 g/mol. The molecule has 0 aliphatic rings. The lowest BCUT2D eigenvalue weighted by Gasteiger charge is -2.02. The SMILES string of the molecule is CCOC(=O)C=CC=C(C)c1ccc(Cl)c(Cl)c1. The van der Waals surface area contributed by atoms with E-state index in [9.17, 15) is 4.79 Å². The van der Waals surface area contributed by atoms with Crippen molar-refractivity contribution >= 4 is 34.7 Å². The molecular formula is C14H14Cl2O2. The van der Waals surface area contributed by atoms with Gasteiger partial charge in [0.25, 0.3) is 0 Å². The van der Waals surface area contributed by atoms with Crippen LogP contribution < -0.4 is 0 Å². The first kappa shape index (κ1) is 14.8. The summed E-state index contributed by atoms with van der Waals surface area (Å²) in [5.41, 5.74) is 1.94. The predicted octanol–water partition coefficient (Wildman–Crippen LogP) is 4.52. The zero-order valence-corrected chi connectivity index (χ0v) is 11.8. The van der Waals surface area contributed by atoms with E-state index in [4.69, 9.17) is 27.9 Å². The first-order chi connectivity index (χ1) is 8.54. The Morgan fingerprint density at radius 3 is 2.67 bits per heavy atom. The van der Waals surface area contributed by atoms with Gasteiger partial charge in [0, 0.05) is 6.08 Å². The first-order valence-corrected chi connectivity index (χ1v) is 6.27. The topological polar surface area (TPSA) is 26.3 Å². The first-order valence-electron chi connectivity index (χ1n) is 5.51. The number of ether oxygens (including phenoxy) is 1. The standard InChI is InChI=1S/C14H14Cl2O2/c1-3-18-14(17)6-4-5-10(2)11-7-8-12(15)13(16)9-11/h4-9H,3H2,1-2H3. The molecule has 1 aromatic rings. The fraction of sp³-hybridized carbons (Fsp3) is 0.214. The highest BCUT2D eigenvalue weighted by atomic mass is 35.5. The summed E-state index contributed by atoms with van der Waals surface area (Å²) < 4.78 is 4.77. The number of rotatable bonds is 4. The summed E-state index contributed by atoms with van der Waals surface area (Å²) >= 11 is 11.8. The van der Waals surface area contributed by atoms with Gasteiger partial charge in [-0.05, 0) is 37.1 Å². The average molecular weight is 285 g/mol. The van der Waals surface area contributed by atoms with Crippen molar-refractivity contribution in [3.63, 3.8) is 0 Å². The van der Waals surface area contributed by atoms with Crippen molar-refractivity contribution in [3.8, 4) is 0 Å². The van der Waals surface area contributed by atoms with Crippen molar-refractivity contribution in [1.82, 2.24) is 0 Å². The van der Waals surface area contributed by atoms with Gasteiger partial charge in [0.05, 0.1) is 16.7 Å². The van der Waals surface area contributed by atoms with E-state index in [1.165, 1.54) is 6.08 Å². The van der Waals surface area contributed by atoms with Crippen molar-refractivity contribution in [2.45, 2.75) is 13.8 Å². The molecule has 0 amide bonds. The zero-order chi connectivity index (χ0) is 13.5. The zero-order valence-electron chi connectivity index (χ0n) is 10.2. The van der Waals surface area contributed by atoms with Crippen LogP contribution in [0.15, 0.2) is 36.4 Å². The van der Waals surface area contributed by atoms with Crippen LogP contribution in [-0.2, 0) is 9.53 Å². The Balaban J connectivity index is 2.77. The molecule has 0 aliphatic heterocycles. The van der Waals surface area contributed by atoms with E-state index < -0.39 is 0 Å². The molecule has 0 radical (unpaired) electrons. The molecule has 0 aliphatic carbocycles. The van der Waals surface area contributed by atoms with Gasteiger partial charge in [0.2, 0.25) is 0 Å². The van der Waals surface area contributed by atoms with Crippen LogP contribution in [0.1, 0.15) is 19.4 Å². The van der Waals surface area contributed by atoms with Crippen molar-refractivity contribution in [1.29, 1.82) is 0 Å². The lowest BCUT2D eigenvalue weighted by atomic mass is 10.1. The van der Waals surface area contributed by atoms with E-state index in [1.807, 2.05) is 19.1 Å². The van der Waals surface area contributed by atoms with E-state index in [0.717, 1.165) is 11.1 Å². The summed E-state index contributed by atoms with van der Waals surface area (Å²) in [6.45, 7) is 4.07. The maximum absolute atomic E-state index is 11.1. The minimum atomic E-state index is -0.351. The summed E-state index contributed by atoms with van der Waals surface area (Å²) in [6, 6.07) is 5.40. The summed E-state index contributed by atoms with van der Waals surface area (Å²) in [4.78, 5) is 11.1. The van der Waals surface area contributed by atoms with Crippen molar-refractivity contribution in [2.24, 2.45) is 0 Å². The second-order valence-electron chi connectivity index (χ2n) is 3.59. The van der Waals surface area contributed by atoms with Crippen molar-refractivity contribution in [2.75, 3.05) is 6.61 Å². The molecule has 0 saturated heterocycles. The number of esters is 1. The third kappa shape index (κ3) is 4.55. The third-order valence-corrected chi connectivity index (χ3v) is 2.98. The Hall–Kier alpha value is -1.25. The Labute approximate surface area is 117 Å². The average Bonchev–Trinajstić information content (AvgIpc) is 2.33. The number of carbonyl (C=O) groups excluding carboxylic acids is 1. The number of carbonyl (C=O) groups is 1. The van der Waals surface area contributed by atoms with Crippen LogP contribution in [0, 0.1) is 0 Å². The number of benzene rings is 1. The molecule has 1 rings (SSSR count). The molecule has 96 valence electrons. The van der Waals surface area contributed by atoms with Crippen molar-refractivity contribution < 1.29 is 9.53 Å². The number of halogens is 2. The van der Waals surface area contributed by atoms with Crippen LogP contribution in [0.4, 0.5) is 0 Å². The Kier molecular flexibility index (Phi) is 5.96. The van der Waals surface area contributed by atoms with Gasteiger partial charge in [-0.2, -0.15) is 0 Å². The maximum Gasteiger partial charge on any atom is 0.330 e. The summed E-state index contributed by atoms with van der Waals surface area (Å²) in [7, 11) is 0. The fourth-order valence-corrected chi connectivity index (χ4v) is 1.60. The maximum atomic E-state index is 11.1. The fourth-order valence-electron chi connectivity index (χ4n) is 1.30. The van der Waals surface area contributed by atoms with Crippen LogP contribution in [0.5, 0.6) is 0 Å². The Morgan fingerprint density at radius 1 is 1.33 bits per heavy atom. The predicted molar refractivity (Wildman–Crippen MR) is 75.9 cm³/mol. The highest BCUT2D eigenvalue weighted by Crippen LogP contribution is 2.25. The molecule has 0 fully saturated rings. The van der Waals surface area contributed by atoms with Gasteiger partial charge in [-0.3, -0.25) is 0 Å². The largest absolute Gasteiger partial charge is 0.463 e. The highest BCUT2D eigenvalue weighted by molar-refractivity contribution is 6.42. The van der Waals surface area contributed by atoms with Gasteiger partial charge in [0.15, 0.2) is 0 Å². The molecular weight excluding hydrogens is 271 g/mol. The number of allylic oxidation sites excluding steroid dienone is 3. The molecule has 0 N–H and O–H groups in total. The smallest absolute Gasteiger partial charge is 0.330 e. The van der Waals surface area contributed by atoms with Gasteiger partial charge in [0.1, 0.15) is 0 Å². The minimum absolute atomic E-state index is 0.351. The molecule has 0 aromatic heterocycles. The molecule has 1 aromatic carbocycles. The molecule has 18 heavy (non-hydrogen) atoms. The van der Waals surface area contributed by atoms with Crippen LogP contribution in [0.2, 0.25) is 10.0 Å². The van der Waals surface area contributed by atoms with Crippen LogP contribution in [0.25, 0.3) is 5.57 Å². The molecule has 0 heterocycles. The summed E-state index contributed by atoms with van der Waals surface area (Å²) in [5, 5.41) is 1.03. The van der Waals surface area contributed by atoms with E-state index >= 15 is 0 Å². The lowest BCUT2D eigenvalue weighted by Crippen LogP contribution is -1.98. The highest BCUT2D eigenvalue weighted by Gasteiger charge is 2.00. The van der Waals surface area contributed by atoms with Gasteiger partial charge >= 0.3 is 5.97 Å². The second kappa shape index (κ2) is 7.24. The summed E-state index contributed by atoms with van der Waals surface area (Å²) in [5.74, 6) is -0.351. The van der Waals surface area contributed by atoms with Gasteiger partial charge < -0.3 is 4.74 Å². The molecule has 0 bridgehead atoms. The van der Waals surface area contributed by atoms with E-state index in [-0.39, 0.29) is 5.97 Å². The van der Waals surface area contributed by atoms with Crippen molar-refractivity contribution in [3.05, 3.63) is 52.0 Å². The van der Waals surface area contributed by atoms with Gasteiger partial charge in [-0.25, -0.2) is 4.79 Å². The lowest BCUT2D eigenvalue weighted by molar-refractivity contribution is -0.137. The van der Waals surface area contributed by atoms with E-state index in [0.29, 0.717) is 16.7 Å². The van der Waals surface area contributed by atoms with E-state index in [1.54, 1.807) is 25.1 Å². The molecule has 4 heteroatoms. The molecule has 0 unspecified atom stereocenters. The molecule has 0 spiro atoms. The van der Waals surface area contributed by atoms with Crippen LogP contribution in [0.3, 0.4) is 0 Å². The second-order valence-corrected chi connectivity index (χ2v) is 4.40. The van der Waals surface area contributed by atoms with E-state index in [2.05, 4.69) is 0 Å². The summed E-state index contributed by atoms with van der Waals surface area (Å²) in [6.07, 6.45) is 4.84. The van der Waals surface area contributed by atoms with Gasteiger partial charge in [-0.1, -0.05) is 41.4 Å². The quantitative estimate of drug-likeness (QED) is 0.462. The normalized spacial score (nSPS) is 11.9.